The summed E-state index contributed by atoms with van der Waals surface area (Å²) in [6, 6.07) is 6.53. The van der Waals surface area contributed by atoms with Gasteiger partial charge in [0.15, 0.2) is 23.6 Å². The van der Waals surface area contributed by atoms with Gasteiger partial charge in [0.25, 0.3) is 0 Å². The van der Waals surface area contributed by atoms with Gasteiger partial charge in [-0.1, -0.05) is 44.7 Å². The van der Waals surface area contributed by atoms with Crippen molar-refractivity contribution in [2.24, 2.45) is 5.92 Å². The van der Waals surface area contributed by atoms with E-state index < -0.39 is 29.3 Å². The molecule has 1 aliphatic carbocycles. The molecule has 2 aromatic rings. The van der Waals surface area contributed by atoms with Crippen LogP contribution in [-0.2, 0) is 0 Å². The molecule has 31 heavy (non-hydrogen) atoms. The lowest BCUT2D eigenvalue weighted by atomic mass is 9.77. The average Bonchev–Trinajstić information content (AvgIpc) is 2.73. The number of hydrogen-bond acceptors (Lipinski definition) is 1. The Kier molecular flexibility index (Phi) is 8.10. The Morgan fingerprint density at radius 1 is 0.968 bits per heavy atom. The van der Waals surface area contributed by atoms with Crippen molar-refractivity contribution in [3.63, 3.8) is 0 Å². The largest absolute Gasteiger partial charge is 0.453 e. The molecule has 0 N–H and O–H groups in total. The molecule has 0 aromatic heterocycles. The van der Waals surface area contributed by atoms with Gasteiger partial charge in [0.1, 0.15) is 5.82 Å². The second-order valence-corrected chi connectivity index (χ2v) is 8.25. The van der Waals surface area contributed by atoms with Gasteiger partial charge in [-0.25, -0.2) is 13.2 Å². The van der Waals surface area contributed by atoms with Crippen LogP contribution in [0.4, 0.5) is 22.0 Å². The molecular weight excluding hydrogens is 411 g/mol. The smallest absolute Gasteiger partial charge is 0.305 e. The van der Waals surface area contributed by atoms with Gasteiger partial charge < -0.3 is 4.74 Å². The highest BCUT2D eigenvalue weighted by molar-refractivity contribution is 5.66. The zero-order chi connectivity index (χ0) is 22.4. The van der Waals surface area contributed by atoms with Crippen molar-refractivity contribution < 1.29 is 28.1 Å². The minimum Gasteiger partial charge on any atom is -0.453 e. The Labute approximate surface area is 181 Å². The van der Waals surface area contributed by atoms with E-state index in [0.717, 1.165) is 49.3 Å². The van der Waals surface area contributed by atoms with E-state index in [1.807, 2.05) is 6.07 Å². The summed E-state index contributed by atoms with van der Waals surface area (Å²) < 4.78 is 71.6. The lowest BCUT2D eigenvalue weighted by Gasteiger charge is -2.29. The van der Waals surface area contributed by atoms with E-state index in [9.17, 15) is 22.0 Å². The summed E-state index contributed by atoms with van der Waals surface area (Å²) in [6.07, 6.45) is 7.07. The Hall–Kier alpha value is -2.37. The molecule has 3 rings (SSSR count). The van der Waals surface area contributed by atoms with Crippen LogP contribution >= 0.6 is 0 Å². The van der Waals surface area contributed by atoms with E-state index in [2.05, 4.69) is 11.7 Å². The zero-order valence-electron chi connectivity index (χ0n) is 17.6. The van der Waals surface area contributed by atoms with Gasteiger partial charge >= 0.3 is 6.08 Å². The molecule has 0 aliphatic heterocycles. The summed E-state index contributed by atoms with van der Waals surface area (Å²) in [7, 11) is 0. The molecule has 0 unspecified atom stereocenters. The van der Waals surface area contributed by atoms with Gasteiger partial charge in [0, 0.05) is 6.99 Å². The molecule has 1 saturated carbocycles. The summed E-state index contributed by atoms with van der Waals surface area (Å²) >= 11 is 0. The van der Waals surface area contributed by atoms with Crippen LogP contribution < -0.4 is 4.74 Å². The van der Waals surface area contributed by atoms with Crippen LogP contribution in [0.1, 0.15) is 71.2 Å². The molecule has 0 saturated heterocycles. The maximum Gasteiger partial charge on any atom is 0.305 e. The SMILES string of the molecule is CCCCCC1CCC(c2ccc(-c3cc(F)c(OC=C(F)F)c(F)c3)c(F)c2)CC1.[HH]. The lowest BCUT2D eigenvalue weighted by molar-refractivity contribution is 0.302. The maximum atomic E-state index is 14.8. The third-order valence-electron chi connectivity index (χ3n) is 6.10. The van der Waals surface area contributed by atoms with Crippen LogP contribution in [0.5, 0.6) is 5.75 Å². The molecule has 0 amide bonds. The van der Waals surface area contributed by atoms with Crippen LogP contribution in [0.3, 0.4) is 0 Å². The van der Waals surface area contributed by atoms with Gasteiger partial charge in [-0.3, -0.25) is 0 Å². The van der Waals surface area contributed by atoms with E-state index in [-0.39, 0.29) is 24.7 Å². The molecule has 0 atom stereocenters. The number of benzene rings is 2. The highest BCUT2D eigenvalue weighted by atomic mass is 19.3. The number of halogens is 5. The first-order valence-corrected chi connectivity index (χ1v) is 10.9. The third kappa shape index (κ3) is 6.08. The van der Waals surface area contributed by atoms with Gasteiger partial charge in [-0.05, 0) is 66.8 Å². The van der Waals surface area contributed by atoms with E-state index in [1.54, 1.807) is 0 Å². The van der Waals surface area contributed by atoms with Crippen molar-refractivity contribution in [3.8, 4) is 16.9 Å². The number of unbranched alkanes of at least 4 members (excludes halogenated alkanes) is 2. The second kappa shape index (κ2) is 10.8. The van der Waals surface area contributed by atoms with Crippen LogP contribution in [0.2, 0.25) is 0 Å². The Morgan fingerprint density at radius 2 is 1.65 bits per heavy atom. The van der Waals surface area contributed by atoms with Crippen molar-refractivity contribution in [2.75, 3.05) is 0 Å². The summed E-state index contributed by atoms with van der Waals surface area (Å²) in [5.41, 5.74) is 0.932. The van der Waals surface area contributed by atoms with Crippen LogP contribution in [0, 0.1) is 23.4 Å². The maximum absolute atomic E-state index is 14.8. The quantitative estimate of drug-likeness (QED) is 0.226. The van der Waals surface area contributed by atoms with E-state index in [0.29, 0.717) is 0 Å². The molecule has 6 heteroatoms. The number of ether oxygens (including phenoxy) is 1. The van der Waals surface area contributed by atoms with E-state index in [1.165, 1.54) is 37.8 Å². The van der Waals surface area contributed by atoms with Gasteiger partial charge in [0.05, 0.1) is 0 Å². The zero-order valence-corrected chi connectivity index (χ0v) is 17.6. The second-order valence-electron chi connectivity index (χ2n) is 8.25. The fourth-order valence-corrected chi connectivity index (χ4v) is 4.42. The predicted molar refractivity (Wildman–Crippen MR) is 114 cm³/mol. The van der Waals surface area contributed by atoms with Crippen LogP contribution in [-0.4, -0.2) is 0 Å². The minimum absolute atomic E-state index is 0. The van der Waals surface area contributed by atoms with Gasteiger partial charge in [-0.15, -0.1) is 0 Å². The molecule has 0 heterocycles. The summed E-state index contributed by atoms with van der Waals surface area (Å²) in [5.74, 6) is -2.85. The third-order valence-corrected chi connectivity index (χ3v) is 6.10. The Bertz CT molecular complexity index is 896. The molecule has 0 spiro atoms. The van der Waals surface area contributed by atoms with Gasteiger partial charge in [-0.2, -0.15) is 8.78 Å². The van der Waals surface area contributed by atoms with Crippen LogP contribution in [0.25, 0.3) is 11.1 Å². The standard InChI is InChI=1S/C25H27F5O.H2/c1-2-3-4-5-16-6-8-17(9-7-16)18-10-11-20(21(26)12-18)19-13-22(27)25(23(28)14-19)31-15-24(29)30;/h10-17H,2-9H2,1H3;1H. The number of rotatable bonds is 8. The van der Waals surface area contributed by atoms with Crippen molar-refractivity contribution in [3.05, 3.63) is 65.7 Å². The summed E-state index contributed by atoms with van der Waals surface area (Å²) in [6.45, 7) is 2.20. The average molecular weight is 440 g/mol. The Morgan fingerprint density at radius 3 is 2.23 bits per heavy atom. The highest BCUT2D eigenvalue weighted by Gasteiger charge is 2.23. The monoisotopic (exact) mass is 440 g/mol. The normalized spacial score (nSPS) is 18.6. The first-order valence-electron chi connectivity index (χ1n) is 10.9. The molecule has 2 aromatic carbocycles. The van der Waals surface area contributed by atoms with Crippen molar-refractivity contribution in [2.45, 2.75) is 64.2 Å². The summed E-state index contributed by atoms with van der Waals surface area (Å²) in [4.78, 5) is 0. The minimum atomic E-state index is -2.22. The lowest BCUT2D eigenvalue weighted by Crippen LogP contribution is -2.13. The van der Waals surface area contributed by atoms with Crippen molar-refractivity contribution >= 4 is 0 Å². The highest BCUT2D eigenvalue weighted by Crippen LogP contribution is 2.39. The molecule has 0 bridgehead atoms. The van der Waals surface area contributed by atoms with Crippen molar-refractivity contribution in [1.29, 1.82) is 0 Å². The van der Waals surface area contributed by atoms with E-state index >= 15 is 0 Å². The fourth-order valence-electron chi connectivity index (χ4n) is 4.42. The summed E-state index contributed by atoms with van der Waals surface area (Å²) in [5, 5.41) is 0. The van der Waals surface area contributed by atoms with E-state index in [4.69, 9.17) is 0 Å². The molecule has 0 radical (unpaired) electrons. The van der Waals surface area contributed by atoms with Crippen molar-refractivity contribution in [1.82, 2.24) is 0 Å². The topological polar surface area (TPSA) is 9.23 Å². The number of hydrogen-bond donors (Lipinski definition) is 0. The Balaban J connectivity index is 0.00000363. The molecule has 1 fully saturated rings. The predicted octanol–water partition coefficient (Wildman–Crippen LogP) is 8.99. The van der Waals surface area contributed by atoms with Crippen LogP contribution in [0.15, 0.2) is 42.7 Å². The molecule has 1 nitrogen and oxygen atoms in total. The molecule has 1 aliphatic rings. The fraction of sp³-hybridized carbons (Fsp3) is 0.440. The molecule has 170 valence electrons. The first-order chi connectivity index (χ1) is 14.9. The molecular formula is C25H29F5O. The van der Waals surface area contributed by atoms with Gasteiger partial charge in [0.2, 0.25) is 0 Å². The first kappa shape index (κ1) is 23.3.